The number of benzene rings is 9. The van der Waals surface area contributed by atoms with Crippen LogP contribution in [0.25, 0.3) is 27.5 Å². The Labute approximate surface area is 461 Å². The van der Waals surface area contributed by atoms with E-state index in [-0.39, 0.29) is 55.6 Å². The van der Waals surface area contributed by atoms with E-state index in [2.05, 4.69) is 264 Å². The van der Waals surface area contributed by atoms with Crippen molar-refractivity contribution < 1.29 is 44.8 Å². The zero-order valence-electron chi connectivity index (χ0n) is 41.0. The summed E-state index contributed by atoms with van der Waals surface area (Å²) in [5.74, 6) is 5.02. The van der Waals surface area contributed by atoms with Gasteiger partial charge in [-0.3, -0.25) is 11.8 Å². The largest absolute Gasteiger partial charge is 1.00 e. The van der Waals surface area contributed by atoms with E-state index in [1.165, 1.54) is 87.1 Å². The average molecular weight is 1330 g/mol. The maximum absolute atomic E-state index is 7.30. The fraction of sp³-hybridized carbons (Fsp3) is 0.118. The molecule has 0 aliphatic heterocycles. The molecule has 0 radical (unpaired) electrons. The third-order valence-corrected chi connectivity index (χ3v) is 20.2. The summed E-state index contributed by atoms with van der Waals surface area (Å²) in [6, 6.07) is 81.7. The van der Waals surface area contributed by atoms with Gasteiger partial charge in [-0.05, 0) is 117 Å². The first kappa shape index (κ1) is 52.5. The molecule has 0 atom stereocenters. The Bertz CT molecular complexity index is 3300. The van der Waals surface area contributed by atoms with Gasteiger partial charge >= 0.3 is 44.8 Å². The van der Waals surface area contributed by atoms with Gasteiger partial charge in [0.05, 0.1) is 0 Å². The monoisotopic (exact) mass is 1330 g/mol. The third kappa shape index (κ3) is 10.4. The predicted octanol–water partition coefficient (Wildman–Crippen LogP) is 13.8. The molecule has 4 heteroatoms. The fourth-order valence-corrected chi connectivity index (χ4v) is 17.0. The van der Waals surface area contributed by atoms with Crippen LogP contribution in [0.15, 0.2) is 242 Å². The normalized spacial score (nSPS) is 14.0. The first-order valence-corrected chi connectivity index (χ1v) is 27.3. The quantitative estimate of drug-likeness (QED) is 0.0674. The Morgan fingerprint density at radius 3 is 1.25 bits per heavy atom. The zero-order chi connectivity index (χ0) is 48.2. The molecule has 9 aromatic carbocycles. The van der Waals surface area contributed by atoms with Crippen molar-refractivity contribution in [2.75, 3.05) is 0 Å². The van der Waals surface area contributed by atoms with E-state index >= 15 is 0 Å². The predicted molar refractivity (Wildman–Crippen MR) is 305 cm³/mol. The van der Waals surface area contributed by atoms with Crippen molar-refractivity contribution in [1.29, 1.82) is 0 Å². The zero-order valence-corrected chi connectivity index (χ0v) is 47.3. The molecule has 9 aromatic rings. The molecule has 0 unspecified atom stereocenters. The second-order valence-corrected chi connectivity index (χ2v) is 24.3. The molecule has 3 aliphatic rings. The number of hydrogen-bond acceptors (Lipinski definition) is 0. The number of allylic oxidation sites excluding steroid dienone is 4. The van der Waals surface area contributed by atoms with Crippen LogP contribution in [0.4, 0.5) is 0 Å². The van der Waals surface area contributed by atoms with Crippen LogP contribution >= 0.6 is 15.8 Å². The van der Waals surface area contributed by atoms with Crippen molar-refractivity contribution in [2.24, 2.45) is 0 Å². The minimum atomic E-state index is -1.23. The molecule has 0 saturated heterocycles. The van der Waals surface area contributed by atoms with E-state index in [1.54, 1.807) is 0 Å². The molecule has 358 valence electrons. The Morgan fingerprint density at radius 1 is 0.389 bits per heavy atom. The van der Waals surface area contributed by atoms with Crippen molar-refractivity contribution in [3.8, 4) is 23.0 Å². The molecule has 0 amide bonds. The molecule has 0 spiro atoms. The summed E-state index contributed by atoms with van der Waals surface area (Å²) < 4.78 is 0. The first-order valence-electron chi connectivity index (χ1n) is 24.3. The molecule has 0 aromatic heterocycles. The van der Waals surface area contributed by atoms with Crippen LogP contribution in [0.1, 0.15) is 68.4 Å². The smallest absolute Gasteiger partial charge is 0.366 e. The molecule has 0 fully saturated rings. The van der Waals surface area contributed by atoms with E-state index in [1.807, 2.05) is 6.07 Å². The van der Waals surface area contributed by atoms with E-state index in [4.69, 9.17) is 12.8 Å². The van der Waals surface area contributed by atoms with E-state index in [0.29, 0.717) is 0 Å². The average Bonchev–Trinajstić information content (AvgIpc) is 3.79. The Balaban J connectivity index is 0.000000161. The van der Waals surface area contributed by atoms with Crippen LogP contribution in [0, 0.1) is 24.7 Å². The van der Waals surface area contributed by atoms with Crippen molar-refractivity contribution >= 4 is 64.0 Å². The van der Waals surface area contributed by atoms with Crippen molar-refractivity contribution in [1.82, 2.24) is 0 Å². The summed E-state index contributed by atoms with van der Waals surface area (Å²) in [6.07, 6.45) is 18.7. The summed E-state index contributed by atoms with van der Waals surface area (Å²) in [4.78, 5) is 0. The number of hydrogen-bond donors (Lipinski definition) is 0. The Kier molecular flexibility index (Phi) is 16.7. The maximum Gasteiger partial charge on any atom is 1.00 e. The molecular weight excluding hydrogens is 1270 g/mol. The van der Waals surface area contributed by atoms with Crippen LogP contribution in [0.2, 0.25) is 0 Å². The standard InChI is InChI=1S/C34H26P2.C17H13.C17H15.2Au/c1-5-17-29(18-6-1)35(30-19-7-2-8-20-30)33-25-27-15-13-14-16-28(27)26-34(33)36(31-21-9-3-10-22-31)32-23-11-4-12-24-32;1-4-12-9-10-16-14(11-12)13-7-5-6-8-15(13)17(16,2)3;1-4-12-9-10-14-13-7-5-6-8-15(13)17(2,3)16(14)11-12;;/h1-26H;5-11H,2-3H3;5-8,11H,9-10H2,2-3H3;;/q;2*-1;2*+1/p+2. The van der Waals surface area contributed by atoms with Gasteiger partial charge in [-0.2, -0.15) is 0 Å². The van der Waals surface area contributed by atoms with Gasteiger partial charge in [-0.1, -0.05) is 191 Å². The molecule has 3 aliphatic carbocycles. The molecule has 0 nitrogen and oxygen atoms in total. The van der Waals surface area contributed by atoms with Gasteiger partial charge in [0.25, 0.3) is 0 Å². The number of fused-ring (bicyclic) bond motifs is 6. The van der Waals surface area contributed by atoms with Crippen LogP contribution in [0.3, 0.4) is 0 Å². The Morgan fingerprint density at radius 2 is 0.792 bits per heavy atom. The van der Waals surface area contributed by atoms with Gasteiger partial charge in [0.1, 0.15) is 47.7 Å². The van der Waals surface area contributed by atoms with Crippen LogP contribution in [-0.4, -0.2) is 0 Å². The number of rotatable bonds is 6. The molecule has 0 N–H and O–H groups in total. The minimum absolute atomic E-state index is 0. The summed E-state index contributed by atoms with van der Waals surface area (Å²) in [5.41, 5.74) is 13.0. The van der Waals surface area contributed by atoms with Crippen molar-refractivity contribution in [2.45, 2.75) is 51.4 Å². The van der Waals surface area contributed by atoms with Crippen molar-refractivity contribution in [3.05, 3.63) is 282 Å². The van der Waals surface area contributed by atoms with Crippen LogP contribution in [0.5, 0.6) is 0 Å². The fourth-order valence-electron chi connectivity index (χ4n) is 10.9. The maximum atomic E-state index is 7.30. The summed E-state index contributed by atoms with van der Waals surface area (Å²) >= 11 is 0. The van der Waals surface area contributed by atoms with Gasteiger partial charge in [-0.15, -0.1) is 29.3 Å². The van der Waals surface area contributed by atoms with Gasteiger partial charge in [0, 0.05) is 10.8 Å². The van der Waals surface area contributed by atoms with Crippen LogP contribution in [-0.2, 0) is 55.6 Å². The van der Waals surface area contributed by atoms with Gasteiger partial charge < -0.3 is 12.8 Å². The van der Waals surface area contributed by atoms with Crippen molar-refractivity contribution in [3.63, 3.8) is 0 Å². The third-order valence-electron chi connectivity index (χ3n) is 14.4. The second kappa shape index (κ2) is 22.9. The van der Waals surface area contributed by atoms with Gasteiger partial charge in [0.15, 0.2) is 0 Å². The molecule has 0 saturated carbocycles. The first-order chi connectivity index (χ1) is 34.2. The molecular formula is C68H56Au2P2+2. The van der Waals surface area contributed by atoms with Crippen LogP contribution < -0.4 is 31.8 Å². The van der Waals surface area contributed by atoms with Gasteiger partial charge in [-0.25, -0.2) is 0 Å². The summed E-state index contributed by atoms with van der Waals surface area (Å²) in [6.45, 7) is 9.06. The second-order valence-electron chi connectivity index (χ2n) is 19.4. The molecule has 0 heterocycles. The summed E-state index contributed by atoms with van der Waals surface area (Å²) in [7, 11) is -2.46. The topological polar surface area (TPSA) is 0 Å². The molecule has 12 rings (SSSR count). The molecule has 72 heavy (non-hydrogen) atoms. The van der Waals surface area contributed by atoms with E-state index in [0.717, 1.165) is 24.0 Å². The summed E-state index contributed by atoms with van der Waals surface area (Å²) in [5, 5.41) is 11.3. The van der Waals surface area contributed by atoms with E-state index in [9.17, 15) is 0 Å². The minimum Gasteiger partial charge on any atom is -0.366 e. The van der Waals surface area contributed by atoms with E-state index < -0.39 is 15.8 Å². The Hall–Kier alpha value is -5.82. The SMILES string of the molecule is [Au+].[Au+].[C-]#CC1=CC2=C(CC1)c1ccccc1C2(C)C.[C-]#Cc1ccc2c(c1)-c1ccccc1C2(C)C.c1ccc([PH+](c2ccccc2)c2cc3ccccc3cc2[PH+](c2ccccc2)c2ccccc2)cc1. The van der Waals surface area contributed by atoms with Gasteiger partial charge in [0.2, 0.25) is 0 Å². The molecule has 0 bridgehead atoms.